The molecule has 0 aliphatic heterocycles. The Kier molecular flexibility index (Phi) is 10.5. The molecule has 1 aromatic heterocycles. The van der Waals surface area contributed by atoms with Crippen LogP contribution in [0.4, 0.5) is 13.2 Å². The van der Waals surface area contributed by atoms with Crippen molar-refractivity contribution in [3.05, 3.63) is 94.4 Å². The molecule has 7 nitrogen and oxygen atoms in total. The molecule has 0 unspecified atom stereocenters. The summed E-state index contributed by atoms with van der Waals surface area (Å²) in [7, 11) is 0. The number of carbonyl (C=O) groups is 2. The van der Waals surface area contributed by atoms with Crippen molar-refractivity contribution >= 4 is 35.0 Å². The Hall–Kier alpha value is -4.73. The first-order chi connectivity index (χ1) is 20.6. The lowest BCUT2D eigenvalue weighted by atomic mass is 10.0. The van der Waals surface area contributed by atoms with E-state index >= 15 is 0 Å². The number of benzene rings is 3. The summed E-state index contributed by atoms with van der Waals surface area (Å²) in [4.78, 5) is 22.6. The van der Waals surface area contributed by atoms with Gasteiger partial charge in [0.15, 0.2) is 11.6 Å². The van der Waals surface area contributed by atoms with Gasteiger partial charge in [-0.2, -0.15) is 4.39 Å². The van der Waals surface area contributed by atoms with Gasteiger partial charge < -0.3 is 24.3 Å². The number of hydrogen-bond acceptors (Lipinski definition) is 4. The topological polar surface area (TPSA) is 98.0 Å². The molecule has 0 bridgehead atoms. The van der Waals surface area contributed by atoms with Crippen molar-refractivity contribution in [2.45, 2.75) is 45.6 Å². The summed E-state index contributed by atoms with van der Waals surface area (Å²) < 4.78 is 54.2. The molecule has 0 spiro atoms. The molecule has 0 aliphatic rings. The molecule has 0 saturated carbocycles. The number of aromatic nitrogens is 1. The smallest absolute Gasteiger partial charge is 0.323 e. The summed E-state index contributed by atoms with van der Waals surface area (Å²) in [5.74, 6) is -3.89. The minimum atomic E-state index is -1.04. The highest BCUT2D eigenvalue weighted by molar-refractivity contribution is 5.95. The third-order valence-electron chi connectivity index (χ3n) is 6.97. The minimum Gasteiger partial charge on any atom is -0.494 e. The van der Waals surface area contributed by atoms with Crippen LogP contribution in [-0.4, -0.2) is 39.9 Å². The van der Waals surface area contributed by atoms with Crippen molar-refractivity contribution in [3.8, 4) is 11.5 Å². The van der Waals surface area contributed by atoms with Gasteiger partial charge in [-0.3, -0.25) is 9.59 Å². The van der Waals surface area contributed by atoms with Gasteiger partial charge in [-0.15, -0.1) is 0 Å². The number of unbranched alkanes of at least 4 members (excludes halogenated alkanes) is 1. The van der Waals surface area contributed by atoms with Gasteiger partial charge in [-0.05, 0) is 80.1 Å². The van der Waals surface area contributed by atoms with Crippen molar-refractivity contribution in [1.82, 2.24) is 4.57 Å². The monoisotopic (exact) mass is 595 g/mol. The number of carboxylic acids is 2. The van der Waals surface area contributed by atoms with Crippen LogP contribution in [0.25, 0.3) is 23.1 Å². The van der Waals surface area contributed by atoms with E-state index in [-0.39, 0.29) is 25.3 Å². The van der Waals surface area contributed by atoms with Gasteiger partial charge in [0.1, 0.15) is 18.1 Å². The highest BCUT2D eigenvalue weighted by Gasteiger charge is 2.19. The predicted octanol–water partition coefficient (Wildman–Crippen LogP) is 7.27. The van der Waals surface area contributed by atoms with Crippen LogP contribution in [-0.2, 0) is 22.6 Å². The first-order valence-corrected chi connectivity index (χ1v) is 13.9. The van der Waals surface area contributed by atoms with E-state index in [0.717, 1.165) is 17.2 Å². The maximum atomic E-state index is 14.7. The average Bonchev–Trinajstić information content (AvgIpc) is 3.21. The molecule has 0 saturated heterocycles. The highest BCUT2D eigenvalue weighted by Crippen LogP contribution is 2.32. The SMILES string of the molecule is Cc1c(CCCC(=O)O)c2cc(F)cc(C=Cc3ccc(OCCCCOc4cccc(F)c4F)cc3)c2n1CC(=O)O. The second-order valence-electron chi connectivity index (χ2n) is 10.0. The molecule has 0 amide bonds. The number of nitrogens with zero attached hydrogens (tertiary/aromatic N) is 1. The summed E-state index contributed by atoms with van der Waals surface area (Å²) in [6.45, 7) is 2.08. The molecular formula is C33H32F3NO6. The van der Waals surface area contributed by atoms with Crippen molar-refractivity contribution in [1.29, 1.82) is 0 Å². The summed E-state index contributed by atoms with van der Waals surface area (Å²) in [6.07, 6.45) is 5.43. The number of ether oxygens (including phenoxy) is 2. The third kappa shape index (κ3) is 8.18. The van der Waals surface area contributed by atoms with Crippen molar-refractivity contribution in [3.63, 3.8) is 0 Å². The van der Waals surface area contributed by atoms with Crippen LogP contribution < -0.4 is 9.47 Å². The maximum Gasteiger partial charge on any atom is 0.323 e. The molecule has 0 aliphatic carbocycles. The van der Waals surface area contributed by atoms with Gasteiger partial charge in [0.05, 0.1) is 18.7 Å². The molecule has 10 heteroatoms. The van der Waals surface area contributed by atoms with Gasteiger partial charge >= 0.3 is 11.9 Å². The van der Waals surface area contributed by atoms with E-state index in [4.69, 9.17) is 14.6 Å². The Morgan fingerprint density at radius 2 is 1.60 bits per heavy atom. The van der Waals surface area contributed by atoms with Crippen LogP contribution in [0, 0.1) is 24.4 Å². The van der Waals surface area contributed by atoms with E-state index in [1.165, 1.54) is 24.3 Å². The van der Waals surface area contributed by atoms with Gasteiger partial charge in [0, 0.05) is 23.1 Å². The van der Waals surface area contributed by atoms with E-state index in [2.05, 4.69) is 0 Å². The van der Waals surface area contributed by atoms with Crippen LogP contribution in [0.3, 0.4) is 0 Å². The Balaban J connectivity index is 1.41. The zero-order valence-corrected chi connectivity index (χ0v) is 23.6. The second kappa shape index (κ2) is 14.4. The molecule has 1 heterocycles. The summed E-state index contributed by atoms with van der Waals surface area (Å²) >= 11 is 0. The quantitative estimate of drug-likeness (QED) is 0.111. The van der Waals surface area contributed by atoms with Crippen molar-refractivity contribution in [2.75, 3.05) is 13.2 Å². The van der Waals surface area contributed by atoms with Crippen LogP contribution in [0.2, 0.25) is 0 Å². The van der Waals surface area contributed by atoms with Gasteiger partial charge in [0.2, 0.25) is 5.82 Å². The number of carboxylic acid groups (broad SMARTS) is 2. The first-order valence-electron chi connectivity index (χ1n) is 13.9. The largest absolute Gasteiger partial charge is 0.494 e. The third-order valence-corrected chi connectivity index (χ3v) is 6.97. The van der Waals surface area contributed by atoms with Crippen molar-refractivity contribution in [2.24, 2.45) is 0 Å². The fourth-order valence-electron chi connectivity index (χ4n) is 4.90. The van der Waals surface area contributed by atoms with E-state index in [1.807, 2.05) is 12.1 Å². The van der Waals surface area contributed by atoms with Gasteiger partial charge in [-0.25, -0.2) is 8.78 Å². The van der Waals surface area contributed by atoms with E-state index in [1.54, 1.807) is 35.8 Å². The van der Waals surface area contributed by atoms with E-state index in [0.29, 0.717) is 60.2 Å². The van der Waals surface area contributed by atoms with Gasteiger partial charge in [0.25, 0.3) is 0 Å². The zero-order valence-electron chi connectivity index (χ0n) is 23.6. The second-order valence-corrected chi connectivity index (χ2v) is 10.0. The zero-order chi connectivity index (χ0) is 30.9. The lowest BCUT2D eigenvalue weighted by Gasteiger charge is -2.09. The number of halogens is 3. The number of rotatable bonds is 15. The number of fused-ring (bicyclic) bond motifs is 1. The average molecular weight is 596 g/mol. The molecule has 3 aromatic carbocycles. The van der Waals surface area contributed by atoms with Gasteiger partial charge in [-0.1, -0.05) is 30.4 Å². The molecule has 43 heavy (non-hydrogen) atoms. The number of hydrogen-bond donors (Lipinski definition) is 2. The lowest BCUT2D eigenvalue weighted by Crippen LogP contribution is -2.10. The molecule has 0 radical (unpaired) electrons. The minimum absolute atomic E-state index is 0.0426. The fraction of sp³-hybridized carbons (Fsp3) is 0.273. The highest BCUT2D eigenvalue weighted by atomic mass is 19.2. The predicted molar refractivity (Wildman–Crippen MR) is 157 cm³/mol. The summed E-state index contributed by atoms with van der Waals surface area (Å²) in [5, 5.41) is 19.1. The molecule has 0 fully saturated rings. The number of aliphatic carboxylic acids is 2. The number of aryl methyl sites for hydroxylation is 1. The van der Waals surface area contributed by atoms with Crippen LogP contribution in [0.15, 0.2) is 54.6 Å². The fourth-order valence-corrected chi connectivity index (χ4v) is 4.90. The Morgan fingerprint density at radius 3 is 2.30 bits per heavy atom. The molecule has 0 atom stereocenters. The van der Waals surface area contributed by atoms with Crippen LogP contribution in [0.5, 0.6) is 11.5 Å². The normalized spacial score (nSPS) is 11.3. The summed E-state index contributed by atoms with van der Waals surface area (Å²) in [6, 6.07) is 13.7. The summed E-state index contributed by atoms with van der Waals surface area (Å²) in [5.41, 5.74) is 3.29. The van der Waals surface area contributed by atoms with E-state index in [9.17, 15) is 27.9 Å². The van der Waals surface area contributed by atoms with E-state index < -0.39 is 29.4 Å². The standard InChI is InChI=1S/C33H32F3NO6/c1-21-26(6-4-9-30(38)39)27-19-24(34)18-23(33(27)37(21)20-31(40)41)13-10-22-11-14-25(15-12-22)42-16-2-3-17-43-29-8-5-7-28(35)32(29)36/h5,7-8,10-15,18-19H,2-4,6,9,16-17,20H2,1H3,(H,38,39)(H,40,41). The molecular weight excluding hydrogens is 563 g/mol. The molecule has 4 rings (SSSR count). The Labute approximate surface area is 246 Å². The maximum absolute atomic E-state index is 14.7. The Bertz CT molecular complexity index is 1630. The molecule has 226 valence electrons. The Morgan fingerprint density at radius 1 is 0.884 bits per heavy atom. The van der Waals surface area contributed by atoms with Crippen LogP contribution >= 0.6 is 0 Å². The molecule has 4 aromatic rings. The lowest BCUT2D eigenvalue weighted by molar-refractivity contribution is -0.138. The molecule has 2 N–H and O–H groups in total. The van der Waals surface area contributed by atoms with Crippen LogP contribution in [0.1, 0.15) is 48.1 Å². The first kappa shape index (κ1) is 31.2. The van der Waals surface area contributed by atoms with Crippen molar-refractivity contribution < 1.29 is 42.4 Å².